The molecule has 0 amide bonds. The molecule has 0 unspecified atom stereocenters. The second-order valence-electron chi connectivity index (χ2n) is 6.69. The van der Waals surface area contributed by atoms with E-state index < -0.39 is 0 Å². The summed E-state index contributed by atoms with van der Waals surface area (Å²) in [7, 11) is 0. The average Bonchev–Trinajstić information content (AvgIpc) is 2.64. The van der Waals surface area contributed by atoms with Crippen LogP contribution in [0.5, 0.6) is 11.5 Å². The van der Waals surface area contributed by atoms with Crippen molar-refractivity contribution in [3.8, 4) is 11.5 Å². The van der Waals surface area contributed by atoms with Gasteiger partial charge in [-0.3, -0.25) is 9.98 Å². The molecular formula is C22H26ClMnN2O2+. The number of para-hydroxylation sites is 2. The van der Waals surface area contributed by atoms with Gasteiger partial charge in [-0.25, -0.2) is 0 Å². The zero-order valence-corrected chi connectivity index (χ0v) is 17.8. The van der Waals surface area contributed by atoms with Gasteiger partial charge in [-0.15, -0.1) is 0 Å². The Morgan fingerprint density at radius 2 is 1.07 bits per heavy atom. The Morgan fingerprint density at radius 3 is 1.50 bits per heavy atom. The quantitative estimate of drug-likeness (QED) is 0.606. The third-order valence-electron chi connectivity index (χ3n) is 4.76. The predicted octanol–water partition coefficient (Wildman–Crippen LogP) is 1.30. The first kappa shape index (κ1) is 24.2. The summed E-state index contributed by atoms with van der Waals surface area (Å²) >= 11 is 0. The van der Waals surface area contributed by atoms with E-state index in [0.29, 0.717) is 24.6 Å². The van der Waals surface area contributed by atoms with E-state index in [1.807, 2.05) is 36.4 Å². The number of aryl methyl sites for hydroxylation is 2. The number of fused-ring (bicyclic) bond motifs is 4. The van der Waals surface area contributed by atoms with Crippen LogP contribution in [0.2, 0.25) is 0 Å². The van der Waals surface area contributed by atoms with E-state index >= 15 is 0 Å². The van der Waals surface area contributed by atoms with Gasteiger partial charge in [0.1, 0.15) is 11.5 Å². The Balaban J connectivity index is 0.00000196. The van der Waals surface area contributed by atoms with Crippen LogP contribution in [0.25, 0.3) is 0 Å². The predicted molar refractivity (Wildman–Crippen MR) is 107 cm³/mol. The average molecular weight is 441 g/mol. The molecule has 6 heteroatoms. The van der Waals surface area contributed by atoms with E-state index in [4.69, 9.17) is 0 Å². The largest absolute Gasteiger partial charge is 2.00 e. The minimum Gasteiger partial charge on any atom is -1.00 e. The molecule has 4 bridgehead atoms. The topological polar surface area (TPSA) is 65.2 Å². The number of aromatic hydroxyl groups is 2. The second-order valence-corrected chi connectivity index (χ2v) is 6.69. The maximum absolute atomic E-state index is 10.4. The van der Waals surface area contributed by atoms with Gasteiger partial charge in [0, 0.05) is 23.6 Å². The van der Waals surface area contributed by atoms with E-state index in [2.05, 4.69) is 9.98 Å². The Kier molecular flexibility index (Phi) is 10.9. The molecule has 2 N–H and O–H groups in total. The number of hydrogen-bond donors (Lipinski definition) is 2. The first-order valence-corrected chi connectivity index (χ1v) is 9.37. The number of phenolic OH excluding ortho intramolecular Hbond substituents is 2. The molecule has 4 nitrogen and oxygen atoms in total. The summed E-state index contributed by atoms with van der Waals surface area (Å²) in [5.41, 5.74) is 3.49. The molecule has 0 fully saturated rings. The van der Waals surface area contributed by atoms with Gasteiger partial charge in [-0.1, -0.05) is 37.1 Å². The van der Waals surface area contributed by atoms with Crippen molar-refractivity contribution in [1.29, 1.82) is 0 Å². The molecule has 0 aliphatic carbocycles. The van der Waals surface area contributed by atoms with E-state index in [1.54, 1.807) is 12.4 Å². The third kappa shape index (κ3) is 6.66. The van der Waals surface area contributed by atoms with Crippen LogP contribution in [-0.2, 0) is 29.9 Å². The molecule has 3 rings (SSSR count). The van der Waals surface area contributed by atoms with Crippen molar-refractivity contribution in [3.63, 3.8) is 0 Å². The van der Waals surface area contributed by atoms with Crippen molar-refractivity contribution < 1.29 is 39.7 Å². The fourth-order valence-corrected chi connectivity index (χ4v) is 3.26. The zero-order chi connectivity index (χ0) is 18.2. The number of nitrogens with zero attached hydrogens (tertiary/aromatic N) is 2. The van der Waals surface area contributed by atoms with Gasteiger partial charge in [0.15, 0.2) is 0 Å². The van der Waals surface area contributed by atoms with Gasteiger partial charge in [0.25, 0.3) is 0 Å². The first-order valence-electron chi connectivity index (χ1n) is 9.37. The molecule has 0 saturated heterocycles. The van der Waals surface area contributed by atoms with Crippen molar-refractivity contribution >= 4 is 12.4 Å². The van der Waals surface area contributed by atoms with Gasteiger partial charge in [-0.05, 0) is 48.9 Å². The van der Waals surface area contributed by atoms with Crippen LogP contribution in [0.15, 0.2) is 46.4 Å². The molecule has 1 aliphatic rings. The normalized spacial score (nSPS) is 14.9. The van der Waals surface area contributed by atoms with Gasteiger partial charge >= 0.3 is 17.1 Å². The van der Waals surface area contributed by atoms with Gasteiger partial charge in [0.2, 0.25) is 0 Å². The minimum atomic E-state index is 0. The minimum absolute atomic E-state index is 0. The second kappa shape index (κ2) is 12.6. The summed E-state index contributed by atoms with van der Waals surface area (Å²) in [5.74, 6) is 0.696. The summed E-state index contributed by atoms with van der Waals surface area (Å²) in [6, 6.07) is 11.7. The van der Waals surface area contributed by atoms with Crippen molar-refractivity contribution in [2.45, 2.75) is 38.5 Å². The van der Waals surface area contributed by atoms with Crippen molar-refractivity contribution in [3.05, 3.63) is 58.7 Å². The van der Waals surface area contributed by atoms with Crippen LogP contribution >= 0.6 is 0 Å². The van der Waals surface area contributed by atoms with Crippen molar-refractivity contribution in [1.82, 2.24) is 0 Å². The van der Waals surface area contributed by atoms with Crippen LogP contribution in [0.1, 0.15) is 47.9 Å². The van der Waals surface area contributed by atoms with Crippen LogP contribution in [0.3, 0.4) is 0 Å². The SMILES string of the molecule is Oc1c2cccc1CCCCCCc1cccc(c1O)C=NCCN=C2.[Cl-].[Mn+2]. The Bertz CT molecular complexity index is 742. The summed E-state index contributed by atoms with van der Waals surface area (Å²) < 4.78 is 0. The number of halogens is 1. The molecule has 0 saturated carbocycles. The third-order valence-corrected chi connectivity index (χ3v) is 4.76. The van der Waals surface area contributed by atoms with Crippen LogP contribution in [0.4, 0.5) is 0 Å². The summed E-state index contributed by atoms with van der Waals surface area (Å²) in [5, 5.41) is 20.8. The van der Waals surface area contributed by atoms with E-state index in [9.17, 15) is 10.2 Å². The molecule has 1 aliphatic heterocycles. The van der Waals surface area contributed by atoms with E-state index in [1.165, 1.54) is 0 Å². The van der Waals surface area contributed by atoms with E-state index in [0.717, 1.165) is 60.8 Å². The fourth-order valence-electron chi connectivity index (χ4n) is 3.26. The maximum atomic E-state index is 10.4. The molecule has 0 spiro atoms. The van der Waals surface area contributed by atoms with Gasteiger partial charge < -0.3 is 22.6 Å². The maximum Gasteiger partial charge on any atom is 2.00 e. The number of benzene rings is 2. The van der Waals surface area contributed by atoms with Crippen LogP contribution in [0, 0.1) is 0 Å². The number of rotatable bonds is 0. The Hall–Kier alpha value is -1.81. The number of hydrogen-bond acceptors (Lipinski definition) is 4. The number of phenols is 2. The number of aliphatic imine (C=N–C) groups is 2. The molecule has 149 valence electrons. The standard InChI is InChI=1S/C22H26N2O2.ClH.Mn/c25-21-17-7-3-1-2-4-8-18-10-6-12-20(22(18)26)16-24-14-13-23-15-19(21)11-5-9-17;;/h5-6,9-12,15-16,25-26H,1-4,7-8,13-14H2;1H;/q;;+2/p-1. The van der Waals surface area contributed by atoms with E-state index in [-0.39, 0.29) is 29.5 Å². The molecule has 0 aromatic heterocycles. The van der Waals surface area contributed by atoms with Crippen LogP contribution < -0.4 is 12.4 Å². The molecule has 1 radical (unpaired) electrons. The molecule has 28 heavy (non-hydrogen) atoms. The molecule has 1 heterocycles. The van der Waals surface area contributed by atoms with Gasteiger partial charge in [0.05, 0.1) is 13.1 Å². The first-order chi connectivity index (χ1) is 12.8. The van der Waals surface area contributed by atoms with Crippen molar-refractivity contribution in [2.24, 2.45) is 9.98 Å². The summed E-state index contributed by atoms with van der Waals surface area (Å²) in [4.78, 5) is 8.72. The zero-order valence-electron chi connectivity index (χ0n) is 15.8. The fraction of sp³-hybridized carbons (Fsp3) is 0.364. The molecule has 2 aromatic carbocycles. The monoisotopic (exact) mass is 440 g/mol. The Labute approximate surface area is 183 Å². The summed E-state index contributed by atoms with van der Waals surface area (Å²) in [6.07, 6.45) is 9.50. The van der Waals surface area contributed by atoms with Crippen LogP contribution in [-0.4, -0.2) is 35.7 Å². The van der Waals surface area contributed by atoms with Crippen molar-refractivity contribution in [2.75, 3.05) is 13.1 Å². The summed E-state index contributed by atoms with van der Waals surface area (Å²) in [6.45, 7) is 1.08. The molecule has 0 atom stereocenters. The molecule has 2 aromatic rings. The molecular weight excluding hydrogens is 415 g/mol. The Morgan fingerprint density at radius 1 is 0.643 bits per heavy atom. The van der Waals surface area contributed by atoms with Gasteiger partial charge in [-0.2, -0.15) is 0 Å². The smallest absolute Gasteiger partial charge is 1.00 e.